The molecule has 2 aromatic rings. The SMILES string of the molecule is CC1(C)Nc2c(cc(Br)c3c2C(=O)c2ccccc2C3=O)CO1. The Morgan fingerprint density at radius 2 is 1.70 bits per heavy atom. The molecule has 0 fully saturated rings. The molecule has 0 spiro atoms. The number of ketones is 2. The van der Waals surface area contributed by atoms with Crippen molar-refractivity contribution in [3.8, 4) is 0 Å². The van der Waals surface area contributed by atoms with Crippen molar-refractivity contribution < 1.29 is 14.3 Å². The van der Waals surface area contributed by atoms with Crippen LogP contribution in [0.2, 0.25) is 0 Å². The summed E-state index contributed by atoms with van der Waals surface area (Å²) in [7, 11) is 0. The molecular weight excluding hydrogens is 358 g/mol. The van der Waals surface area contributed by atoms with Gasteiger partial charge in [-0.1, -0.05) is 24.3 Å². The maximum absolute atomic E-state index is 13.0. The van der Waals surface area contributed by atoms with Crippen LogP contribution in [-0.2, 0) is 11.3 Å². The molecule has 0 bridgehead atoms. The number of nitrogens with one attached hydrogen (secondary N) is 1. The fourth-order valence-corrected chi connectivity index (χ4v) is 3.81. The van der Waals surface area contributed by atoms with E-state index in [0.29, 0.717) is 39.0 Å². The Labute approximate surface area is 142 Å². The number of rotatable bonds is 0. The van der Waals surface area contributed by atoms with Gasteiger partial charge in [-0.05, 0) is 35.8 Å². The third kappa shape index (κ3) is 2.07. The van der Waals surface area contributed by atoms with Crippen LogP contribution in [0.3, 0.4) is 0 Å². The molecule has 2 aromatic carbocycles. The molecule has 0 atom stereocenters. The molecule has 1 aliphatic heterocycles. The van der Waals surface area contributed by atoms with Crippen molar-refractivity contribution in [2.24, 2.45) is 0 Å². The van der Waals surface area contributed by atoms with E-state index in [9.17, 15) is 9.59 Å². The van der Waals surface area contributed by atoms with E-state index in [1.807, 2.05) is 19.9 Å². The fourth-order valence-electron chi connectivity index (χ4n) is 3.15. The maximum Gasteiger partial charge on any atom is 0.196 e. The Balaban J connectivity index is 2.03. The van der Waals surface area contributed by atoms with Gasteiger partial charge in [0.1, 0.15) is 5.72 Å². The summed E-state index contributed by atoms with van der Waals surface area (Å²) in [5.41, 5.74) is 2.76. The number of hydrogen-bond acceptors (Lipinski definition) is 4. The first kappa shape index (κ1) is 14.6. The van der Waals surface area contributed by atoms with Crippen LogP contribution in [0.4, 0.5) is 5.69 Å². The summed E-state index contributed by atoms with van der Waals surface area (Å²) in [5.74, 6) is -0.256. The van der Waals surface area contributed by atoms with Crippen LogP contribution >= 0.6 is 15.9 Å². The van der Waals surface area contributed by atoms with Crippen LogP contribution in [0.5, 0.6) is 0 Å². The first-order chi connectivity index (χ1) is 10.9. The molecule has 4 rings (SSSR count). The molecule has 0 amide bonds. The van der Waals surface area contributed by atoms with Crippen LogP contribution in [0.15, 0.2) is 34.8 Å². The Bertz CT molecular complexity index is 886. The van der Waals surface area contributed by atoms with Crippen LogP contribution in [-0.4, -0.2) is 17.3 Å². The number of ether oxygens (including phenoxy) is 1. The fraction of sp³-hybridized carbons (Fsp3) is 0.222. The quantitative estimate of drug-likeness (QED) is 0.650. The monoisotopic (exact) mass is 371 g/mol. The van der Waals surface area contributed by atoms with Gasteiger partial charge in [0.05, 0.1) is 23.4 Å². The van der Waals surface area contributed by atoms with Crippen molar-refractivity contribution in [3.05, 3.63) is 62.6 Å². The average molecular weight is 372 g/mol. The first-order valence-corrected chi connectivity index (χ1v) is 8.14. The predicted octanol–water partition coefficient (Wildman–Crippen LogP) is 3.90. The zero-order valence-corrected chi connectivity index (χ0v) is 14.3. The summed E-state index contributed by atoms with van der Waals surface area (Å²) < 4.78 is 6.37. The smallest absolute Gasteiger partial charge is 0.196 e. The van der Waals surface area contributed by atoms with Crippen LogP contribution in [0.1, 0.15) is 51.3 Å². The number of carbonyl (C=O) groups excluding carboxylic acids is 2. The summed E-state index contributed by atoms with van der Waals surface area (Å²) in [4.78, 5) is 25.9. The molecule has 0 aromatic heterocycles. The van der Waals surface area contributed by atoms with Crippen LogP contribution < -0.4 is 5.32 Å². The first-order valence-electron chi connectivity index (χ1n) is 7.35. The molecule has 4 nitrogen and oxygen atoms in total. The largest absolute Gasteiger partial charge is 0.357 e. The molecule has 116 valence electrons. The van der Waals surface area contributed by atoms with Crippen molar-refractivity contribution in [2.45, 2.75) is 26.2 Å². The van der Waals surface area contributed by atoms with E-state index in [1.165, 1.54) is 0 Å². The van der Waals surface area contributed by atoms with Crippen molar-refractivity contribution in [3.63, 3.8) is 0 Å². The maximum atomic E-state index is 13.0. The zero-order valence-electron chi connectivity index (χ0n) is 12.7. The number of hydrogen-bond donors (Lipinski definition) is 1. The van der Waals surface area contributed by atoms with Crippen LogP contribution in [0, 0.1) is 0 Å². The van der Waals surface area contributed by atoms with Gasteiger partial charge in [0.15, 0.2) is 11.6 Å². The second-order valence-electron chi connectivity index (χ2n) is 6.27. The van der Waals surface area contributed by atoms with Gasteiger partial charge < -0.3 is 10.1 Å². The third-order valence-electron chi connectivity index (χ3n) is 4.25. The van der Waals surface area contributed by atoms with Gasteiger partial charge in [-0.3, -0.25) is 9.59 Å². The molecule has 1 N–H and O–H groups in total. The van der Waals surface area contributed by atoms with Crippen molar-refractivity contribution >= 4 is 33.2 Å². The summed E-state index contributed by atoms with van der Waals surface area (Å²) >= 11 is 3.45. The highest BCUT2D eigenvalue weighted by molar-refractivity contribution is 9.10. The van der Waals surface area contributed by atoms with E-state index < -0.39 is 5.72 Å². The molecular formula is C18H14BrNO3. The van der Waals surface area contributed by atoms with Gasteiger partial charge in [-0.15, -0.1) is 0 Å². The molecule has 23 heavy (non-hydrogen) atoms. The van der Waals surface area contributed by atoms with Gasteiger partial charge in [0, 0.05) is 21.2 Å². The molecule has 1 heterocycles. The van der Waals surface area contributed by atoms with E-state index >= 15 is 0 Å². The van der Waals surface area contributed by atoms with Crippen molar-refractivity contribution in [2.75, 3.05) is 5.32 Å². The Hall–Kier alpha value is -1.98. The van der Waals surface area contributed by atoms with E-state index in [4.69, 9.17) is 4.74 Å². The van der Waals surface area contributed by atoms with E-state index in [0.717, 1.165) is 5.56 Å². The number of halogens is 1. The summed E-state index contributed by atoms with van der Waals surface area (Å²) in [5, 5.41) is 3.26. The van der Waals surface area contributed by atoms with Crippen molar-refractivity contribution in [1.82, 2.24) is 0 Å². The molecule has 5 heteroatoms. The lowest BCUT2D eigenvalue weighted by molar-refractivity contribution is -0.0154. The Morgan fingerprint density at radius 1 is 1.09 bits per heavy atom. The van der Waals surface area contributed by atoms with E-state index in [-0.39, 0.29) is 11.6 Å². The van der Waals surface area contributed by atoms with Gasteiger partial charge >= 0.3 is 0 Å². The summed E-state index contributed by atoms with van der Waals surface area (Å²) in [6, 6.07) is 8.81. The minimum absolute atomic E-state index is 0.127. The standard InChI is InChI=1S/C18H14BrNO3/c1-18(2)20-15-9(8-23-18)7-12(19)13-14(15)17(22)11-6-4-3-5-10(11)16(13)21/h3-7,20H,8H2,1-2H3. The molecule has 0 unspecified atom stereocenters. The van der Waals surface area contributed by atoms with Gasteiger partial charge in [0.2, 0.25) is 0 Å². The van der Waals surface area contributed by atoms with Crippen molar-refractivity contribution in [1.29, 1.82) is 0 Å². The Kier molecular flexibility index (Phi) is 3.02. The highest BCUT2D eigenvalue weighted by atomic mass is 79.9. The molecule has 0 saturated carbocycles. The van der Waals surface area contributed by atoms with Crippen LogP contribution in [0.25, 0.3) is 0 Å². The second-order valence-corrected chi connectivity index (χ2v) is 7.12. The van der Waals surface area contributed by atoms with Gasteiger partial charge in [0.25, 0.3) is 0 Å². The molecule has 0 radical (unpaired) electrons. The minimum Gasteiger partial charge on any atom is -0.357 e. The lowest BCUT2D eigenvalue weighted by Gasteiger charge is -2.36. The van der Waals surface area contributed by atoms with Gasteiger partial charge in [-0.2, -0.15) is 0 Å². The number of benzene rings is 2. The normalized spacial score (nSPS) is 17.9. The number of carbonyl (C=O) groups is 2. The van der Waals surface area contributed by atoms with E-state index in [1.54, 1.807) is 24.3 Å². The lowest BCUT2D eigenvalue weighted by Crippen LogP contribution is -2.39. The highest BCUT2D eigenvalue weighted by Crippen LogP contribution is 2.41. The summed E-state index contributed by atoms with van der Waals surface area (Å²) in [6.45, 7) is 4.19. The topological polar surface area (TPSA) is 55.4 Å². The number of fused-ring (bicyclic) bond motifs is 4. The highest BCUT2D eigenvalue weighted by Gasteiger charge is 2.37. The van der Waals surface area contributed by atoms with E-state index in [2.05, 4.69) is 21.2 Å². The summed E-state index contributed by atoms with van der Waals surface area (Å²) in [6.07, 6.45) is 0. The average Bonchev–Trinajstić information content (AvgIpc) is 2.52. The zero-order chi connectivity index (χ0) is 16.4. The lowest BCUT2D eigenvalue weighted by atomic mass is 9.81. The molecule has 0 saturated heterocycles. The Morgan fingerprint density at radius 3 is 2.35 bits per heavy atom. The predicted molar refractivity (Wildman–Crippen MR) is 89.9 cm³/mol. The molecule has 2 aliphatic rings. The second kappa shape index (κ2) is 4.76. The van der Waals surface area contributed by atoms with Gasteiger partial charge in [-0.25, -0.2) is 0 Å². The third-order valence-corrected chi connectivity index (χ3v) is 4.87. The number of anilines is 1. The minimum atomic E-state index is -0.588. The molecule has 1 aliphatic carbocycles.